The topological polar surface area (TPSA) is 30.7 Å². The predicted octanol–water partition coefficient (Wildman–Crippen LogP) is 4.14. The molecule has 1 aromatic heterocycles. The van der Waals surface area contributed by atoms with Gasteiger partial charge in [0, 0.05) is 9.50 Å². The summed E-state index contributed by atoms with van der Waals surface area (Å²) in [5.74, 6) is 0. The molecule has 0 fully saturated rings. The summed E-state index contributed by atoms with van der Waals surface area (Å²) in [4.78, 5) is 1.60. The van der Waals surface area contributed by atoms with Gasteiger partial charge in [-0.15, -0.1) is 10.2 Å². The maximum atomic E-state index is 6.11. The number of hydrogen-bond acceptors (Lipinski definition) is 2. The van der Waals surface area contributed by atoms with Crippen LogP contribution >= 0.6 is 27.5 Å². The average molecular weight is 323 g/mol. The highest BCUT2D eigenvalue weighted by molar-refractivity contribution is 9.10. The molecule has 0 saturated heterocycles. The van der Waals surface area contributed by atoms with E-state index in [0.29, 0.717) is 0 Å². The Morgan fingerprint density at radius 1 is 1.06 bits per heavy atom. The number of aromatic nitrogens is 3. The highest BCUT2D eigenvalue weighted by Gasteiger charge is 2.06. The third-order valence-electron chi connectivity index (χ3n) is 2.73. The van der Waals surface area contributed by atoms with E-state index in [-0.39, 0.29) is 0 Å². The second-order valence-corrected chi connectivity index (χ2v) is 5.38. The maximum Gasteiger partial charge on any atom is 0.114 e. The second kappa shape index (κ2) is 4.37. The van der Waals surface area contributed by atoms with E-state index in [0.717, 1.165) is 31.8 Å². The summed E-state index contributed by atoms with van der Waals surface area (Å²) in [5, 5.41) is 9.57. The third kappa shape index (κ3) is 2.02. The average Bonchev–Trinajstić information content (AvgIpc) is 2.75. The zero-order chi connectivity index (χ0) is 12.7. The van der Waals surface area contributed by atoms with Gasteiger partial charge < -0.3 is 0 Å². The minimum atomic E-state index is 0.718. The number of nitrogens with zero attached hydrogens (tertiary/aromatic N) is 3. The van der Waals surface area contributed by atoms with Crippen LogP contribution in [0.25, 0.3) is 16.7 Å². The van der Waals surface area contributed by atoms with E-state index in [1.54, 1.807) is 4.80 Å². The molecule has 0 atom stereocenters. The molecule has 3 rings (SSSR count). The first-order valence-electron chi connectivity index (χ1n) is 5.42. The smallest absolute Gasteiger partial charge is 0.114 e. The van der Waals surface area contributed by atoms with Gasteiger partial charge in [0.15, 0.2) is 0 Å². The lowest BCUT2D eigenvalue weighted by Gasteiger charge is -2.01. The second-order valence-electron chi connectivity index (χ2n) is 4.06. The molecule has 2 aromatic carbocycles. The molecule has 0 bridgehead atoms. The van der Waals surface area contributed by atoms with Crippen LogP contribution in [0, 0.1) is 6.92 Å². The van der Waals surface area contributed by atoms with Crippen LogP contribution in [0.3, 0.4) is 0 Å². The Balaban J connectivity index is 2.16. The molecule has 0 aliphatic carbocycles. The first-order valence-corrected chi connectivity index (χ1v) is 6.60. The van der Waals surface area contributed by atoms with Crippen LogP contribution in [0.2, 0.25) is 5.02 Å². The van der Waals surface area contributed by atoms with E-state index < -0.39 is 0 Å². The molecule has 0 aliphatic rings. The Kier molecular flexibility index (Phi) is 2.84. The van der Waals surface area contributed by atoms with E-state index in [1.165, 1.54) is 0 Å². The van der Waals surface area contributed by atoms with Crippen molar-refractivity contribution in [1.82, 2.24) is 15.0 Å². The van der Waals surface area contributed by atoms with Crippen molar-refractivity contribution < 1.29 is 0 Å². The quantitative estimate of drug-likeness (QED) is 0.674. The molecule has 0 aliphatic heterocycles. The van der Waals surface area contributed by atoms with Crippen LogP contribution in [-0.2, 0) is 0 Å². The minimum Gasteiger partial charge on any atom is -0.150 e. The van der Waals surface area contributed by atoms with Crippen molar-refractivity contribution in [3.63, 3.8) is 0 Å². The molecule has 0 unspecified atom stereocenters. The summed E-state index contributed by atoms with van der Waals surface area (Å²) in [6.07, 6.45) is 0. The SMILES string of the molecule is Cc1ccc(-n2nc3ccc(Br)cc3n2)cc1Cl. The van der Waals surface area contributed by atoms with Crippen LogP contribution in [0.4, 0.5) is 0 Å². The maximum absolute atomic E-state index is 6.11. The molecule has 5 heteroatoms. The lowest BCUT2D eigenvalue weighted by molar-refractivity contribution is 0.765. The van der Waals surface area contributed by atoms with Crippen molar-refractivity contribution in [3.8, 4) is 5.69 Å². The largest absolute Gasteiger partial charge is 0.150 e. The minimum absolute atomic E-state index is 0.718. The lowest BCUT2D eigenvalue weighted by atomic mass is 10.2. The molecule has 0 spiro atoms. The summed E-state index contributed by atoms with van der Waals surface area (Å²) < 4.78 is 0.990. The lowest BCUT2D eigenvalue weighted by Crippen LogP contribution is -1.98. The van der Waals surface area contributed by atoms with Crippen molar-refractivity contribution in [2.45, 2.75) is 6.92 Å². The van der Waals surface area contributed by atoms with Gasteiger partial charge in [0.1, 0.15) is 11.0 Å². The van der Waals surface area contributed by atoms with E-state index in [1.807, 2.05) is 43.3 Å². The Labute approximate surface area is 118 Å². The van der Waals surface area contributed by atoms with Gasteiger partial charge in [-0.3, -0.25) is 0 Å². The van der Waals surface area contributed by atoms with Gasteiger partial charge in [-0.1, -0.05) is 33.6 Å². The zero-order valence-electron chi connectivity index (χ0n) is 9.56. The van der Waals surface area contributed by atoms with Gasteiger partial charge in [0.25, 0.3) is 0 Å². The number of hydrogen-bond donors (Lipinski definition) is 0. The summed E-state index contributed by atoms with van der Waals surface area (Å²) in [7, 11) is 0. The van der Waals surface area contributed by atoms with Crippen LogP contribution in [-0.4, -0.2) is 15.0 Å². The van der Waals surface area contributed by atoms with Crippen LogP contribution < -0.4 is 0 Å². The number of rotatable bonds is 1. The van der Waals surface area contributed by atoms with Crippen molar-refractivity contribution in [2.24, 2.45) is 0 Å². The molecular weight excluding hydrogens is 314 g/mol. The fraction of sp³-hybridized carbons (Fsp3) is 0.0769. The number of fused-ring (bicyclic) bond motifs is 1. The monoisotopic (exact) mass is 321 g/mol. The highest BCUT2D eigenvalue weighted by Crippen LogP contribution is 2.21. The predicted molar refractivity (Wildman–Crippen MR) is 76.3 cm³/mol. The molecule has 0 N–H and O–H groups in total. The Morgan fingerprint density at radius 3 is 2.61 bits per heavy atom. The molecule has 0 amide bonds. The molecule has 3 aromatic rings. The molecule has 1 heterocycles. The third-order valence-corrected chi connectivity index (χ3v) is 3.63. The van der Waals surface area contributed by atoms with Gasteiger partial charge in [0.2, 0.25) is 0 Å². The van der Waals surface area contributed by atoms with E-state index in [2.05, 4.69) is 26.1 Å². The highest BCUT2D eigenvalue weighted by atomic mass is 79.9. The molecule has 90 valence electrons. The molecule has 0 radical (unpaired) electrons. The Bertz CT molecular complexity index is 736. The number of aryl methyl sites for hydroxylation is 1. The number of halogens is 2. The van der Waals surface area contributed by atoms with Crippen LogP contribution in [0.15, 0.2) is 40.9 Å². The van der Waals surface area contributed by atoms with Crippen molar-refractivity contribution in [2.75, 3.05) is 0 Å². The van der Waals surface area contributed by atoms with E-state index in [9.17, 15) is 0 Å². The van der Waals surface area contributed by atoms with Gasteiger partial charge in [-0.2, -0.15) is 4.80 Å². The van der Waals surface area contributed by atoms with E-state index >= 15 is 0 Å². The summed E-state index contributed by atoms with van der Waals surface area (Å²) in [5.41, 5.74) is 3.61. The molecule has 0 saturated carbocycles. The Morgan fingerprint density at radius 2 is 1.83 bits per heavy atom. The van der Waals surface area contributed by atoms with Crippen LogP contribution in [0.1, 0.15) is 5.56 Å². The van der Waals surface area contributed by atoms with Crippen LogP contribution in [0.5, 0.6) is 0 Å². The normalized spacial score (nSPS) is 11.1. The van der Waals surface area contributed by atoms with Crippen molar-refractivity contribution in [1.29, 1.82) is 0 Å². The molecular formula is C13H9BrClN3. The molecule has 3 nitrogen and oxygen atoms in total. The fourth-order valence-electron chi connectivity index (χ4n) is 1.71. The summed E-state index contributed by atoms with van der Waals surface area (Å²) >= 11 is 9.53. The fourth-order valence-corrected chi connectivity index (χ4v) is 2.23. The van der Waals surface area contributed by atoms with Gasteiger partial charge in [-0.25, -0.2) is 0 Å². The van der Waals surface area contributed by atoms with E-state index in [4.69, 9.17) is 11.6 Å². The van der Waals surface area contributed by atoms with Gasteiger partial charge in [-0.05, 0) is 42.8 Å². The summed E-state index contributed by atoms with van der Waals surface area (Å²) in [6.45, 7) is 1.97. The van der Waals surface area contributed by atoms with Gasteiger partial charge in [0.05, 0.1) is 5.69 Å². The molecule has 18 heavy (non-hydrogen) atoms. The number of benzene rings is 2. The van der Waals surface area contributed by atoms with Crippen molar-refractivity contribution in [3.05, 3.63) is 51.5 Å². The summed E-state index contributed by atoms with van der Waals surface area (Å²) in [6, 6.07) is 11.6. The van der Waals surface area contributed by atoms with Crippen molar-refractivity contribution >= 4 is 38.6 Å². The Hall–Kier alpha value is -1.39. The van der Waals surface area contributed by atoms with Gasteiger partial charge >= 0.3 is 0 Å². The first-order chi connectivity index (χ1) is 8.63. The first kappa shape index (κ1) is 11.7. The zero-order valence-corrected chi connectivity index (χ0v) is 11.9. The standard InChI is InChI=1S/C13H9BrClN3/c1-8-2-4-10(7-11(8)15)18-16-12-5-3-9(14)6-13(12)17-18/h2-7H,1H3.